The number of ether oxygens (including phenoxy) is 1. The summed E-state index contributed by atoms with van der Waals surface area (Å²) in [5, 5.41) is 13.8. The minimum Gasteiger partial charge on any atom is -0.494 e. The fraction of sp³-hybridized carbons (Fsp3) is 0.217. The van der Waals surface area contributed by atoms with Crippen molar-refractivity contribution < 1.29 is 14.6 Å². The summed E-state index contributed by atoms with van der Waals surface area (Å²) in [4.78, 5) is 42.1. The van der Waals surface area contributed by atoms with Gasteiger partial charge in [0, 0.05) is 14.1 Å². The maximum absolute atomic E-state index is 12.9. The van der Waals surface area contributed by atoms with Gasteiger partial charge in [0.05, 0.1) is 28.8 Å². The molecule has 1 amide bonds. The number of aliphatic imine (C=N–C) groups is 1. The Morgan fingerprint density at radius 2 is 1.79 bits per heavy atom. The van der Waals surface area contributed by atoms with E-state index in [1.807, 2.05) is 6.92 Å². The molecule has 2 aromatic carbocycles. The number of aromatic hydroxyl groups is 1. The zero-order chi connectivity index (χ0) is 24.8. The standard InChI is InChI=1S/C23H23ClN4O5S/c1-4-33-15-11-9-14(10-12-15)25-20(19-21(30)27(2)23(32)28(3)22(19)31)34-13-18(29)26-17-8-6-5-7-16(17)24/h5-12,30H,4,13H2,1-3H3,(H,26,29). The summed E-state index contributed by atoms with van der Waals surface area (Å²) in [6.45, 7) is 2.37. The van der Waals surface area contributed by atoms with Crippen LogP contribution in [0.15, 0.2) is 63.1 Å². The minimum atomic E-state index is -0.732. The van der Waals surface area contributed by atoms with Crippen molar-refractivity contribution in [2.75, 3.05) is 17.7 Å². The molecule has 9 nitrogen and oxygen atoms in total. The number of para-hydroxylation sites is 1. The van der Waals surface area contributed by atoms with Gasteiger partial charge in [-0.3, -0.25) is 18.7 Å². The van der Waals surface area contributed by atoms with E-state index in [1.54, 1.807) is 48.5 Å². The highest BCUT2D eigenvalue weighted by Crippen LogP contribution is 2.26. The molecule has 1 aromatic heterocycles. The highest BCUT2D eigenvalue weighted by atomic mass is 35.5. The number of nitrogens with one attached hydrogen (secondary N) is 1. The summed E-state index contributed by atoms with van der Waals surface area (Å²) < 4.78 is 7.24. The lowest BCUT2D eigenvalue weighted by Crippen LogP contribution is -2.39. The predicted octanol–water partition coefficient (Wildman–Crippen LogP) is 3.29. The second-order valence-electron chi connectivity index (χ2n) is 7.06. The van der Waals surface area contributed by atoms with Gasteiger partial charge in [0.2, 0.25) is 11.8 Å². The van der Waals surface area contributed by atoms with Gasteiger partial charge in [0.1, 0.15) is 16.4 Å². The number of carbonyl (C=O) groups is 1. The molecular formula is C23H23ClN4O5S. The molecule has 11 heteroatoms. The molecule has 3 rings (SSSR count). The van der Waals surface area contributed by atoms with E-state index in [0.29, 0.717) is 28.8 Å². The number of hydrogen-bond donors (Lipinski definition) is 2. The predicted molar refractivity (Wildman–Crippen MR) is 135 cm³/mol. The fourth-order valence-corrected chi connectivity index (χ4v) is 3.98. The third kappa shape index (κ3) is 5.70. The van der Waals surface area contributed by atoms with Crippen molar-refractivity contribution in [1.29, 1.82) is 0 Å². The molecular weight excluding hydrogens is 480 g/mol. The highest BCUT2D eigenvalue weighted by Gasteiger charge is 2.22. The monoisotopic (exact) mass is 502 g/mol. The van der Waals surface area contributed by atoms with Crippen LogP contribution in [-0.4, -0.2) is 37.6 Å². The van der Waals surface area contributed by atoms with Gasteiger partial charge in [-0.05, 0) is 43.3 Å². The van der Waals surface area contributed by atoms with E-state index in [9.17, 15) is 19.5 Å². The van der Waals surface area contributed by atoms with E-state index < -0.39 is 23.0 Å². The molecule has 2 N–H and O–H groups in total. The number of thioether (sulfide) groups is 1. The molecule has 1 heterocycles. The quantitative estimate of drug-likeness (QED) is 0.378. The van der Waals surface area contributed by atoms with Crippen LogP contribution in [0.2, 0.25) is 5.02 Å². The third-order valence-electron chi connectivity index (χ3n) is 4.71. The molecule has 0 radical (unpaired) electrons. The molecule has 0 aliphatic carbocycles. The van der Waals surface area contributed by atoms with Crippen molar-refractivity contribution in [3.63, 3.8) is 0 Å². The van der Waals surface area contributed by atoms with Gasteiger partial charge in [0.15, 0.2) is 0 Å². The second kappa shape index (κ2) is 11.1. The van der Waals surface area contributed by atoms with Crippen LogP contribution >= 0.6 is 23.4 Å². The SMILES string of the molecule is CCOc1ccc(N=C(SCC(=O)Nc2ccccc2Cl)c2c(O)n(C)c(=O)n(C)c2=O)cc1. The summed E-state index contributed by atoms with van der Waals surface area (Å²) in [7, 11) is 2.64. The van der Waals surface area contributed by atoms with Crippen LogP contribution in [0, 0.1) is 0 Å². The van der Waals surface area contributed by atoms with E-state index in [2.05, 4.69) is 10.3 Å². The molecule has 178 valence electrons. The van der Waals surface area contributed by atoms with Gasteiger partial charge >= 0.3 is 5.69 Å². The zero-order valence-corrected chi connectivity index (χ0v) is 20.3. The third-order valence-corrected chi connectivity index (χ3v) is 6.02. The topological polar surface area (TPSA) is 115 Å². The molecule has 0 atom stereocenters. The van der Waals surface area contributed by atoms with Gasteiger partial charge in [-0.25, -0.2) is 9.79 Å². The minimum absolute atomic E-state index is 0.0761. The van der Waals surface area contributed by atoms with Gasteiger partial charge < -0.3 is 15.2 Å². The molecule has 0 spiro atoms. The maximum Gasteiger partial charge on any atom is 0.333 e. The van der Waals surface area contributed by atoms with E-state index in [0.717, 1.165) is 20.9 Å². The molecule has 0 bridgehead atoms. The van der Waals surface area contributed by atoms with Crippen LogP contribution in [0.4, 0.5) is 11.4 Å². The number of hydrogen-bond acceptors (Lipinski definition) is 7. The van der Waals surface area contributed by atoms with Crippen LogP contribution in [-0.2, 0) is 18.9 Å². The van der Waals surface area contributed by atoms with Crippen LogP contribution < -0.4 is 21.3 Å². The van der Waals surface area contributed by atoms with Crippen LogP contribution in [0.25, 0.3) is 0 Å². The van der Waals surface area contributed by atoms with Crippen molar-refractivity contribution in [3.05, 3.63) is 80.0 Å². The molecule has 0 aliphatic heterocycles. The first-order valence-corrected chi connectivity index (χ1v) is 11.6. The van der Waals surface area contributed by atoms with E-state index in [-0.39, 0.29) is 16.4 Å². The van der Waals surface area contributed by atoms with Crippen LogP contribution in [0.1, 0.15) is 12.5 Å². The normalized spacial score (nSPS) is 11.4. The molecule has 0 saturated carbocycles. The largest absolute Gasteiger partial charge is 0.494 e. The lowest BCUT2D eigenvalue weighted by Gasteiger charge is -2.13. The van der Waals surface area contributed by atoms with Crippen molar-refractivity contribution in [2.45, 2.75) is 6.92 Å². The fourth-order valence-electron chi connectivity index (χ4n) is 2.96. The summed E-state index contributed by atoms with van der Waals surface area (Å²) in [5.74, 6) is -0.418. The highest BCUT2D eigenvalue weighted by molar-refractivity contribution is 8.15. The molecule has 0 saturated heterocycles. The second-order valence-corrected chi connectivity index (χ2v) is 8.44. The van der Waals surface area contributed by atoms with Crippen LogP contribution in [0.5, 0.6) is 11.6 Å². The number of halogens is 1. The van der Waals surface area contributed by atoms with Gasteiger partial charge in [0.25, 0.3) is 5.56 Å². The number of anilines is 1. The number of nitrogens with zero attached hydrogens (tertiary/aromatic N) is 3. The first kappa shape index (κ1) is 25.1. The lowest BCUT2D eigenvalue weighted by molar-refractivity contribution is -0.113. The van der Waals surface area contributed by atoms with Crippen LogP contribution in [0.3, 0.4) is 0 Å². The molecule has 0 unspecified atom stereocenters. The number of aromatic nitrogens is 2. The number of benzene rings is 2. The lowest BCUT2D eigenvalue weighted by atomic mass is 10.3. The average molecular weight is 503 g/mol. The smallest absolute Gasteiger partial charge is 0.333 e. The Morgan fingerprint density at radius 1 is 1.12 bits per heavy atom. The average Bonchev–Trinajstić information content (AvgIpc) is 2.82. The Morgan fingerprint density at radius 3 is 2.44 bits per heavy atom. The Hall–Kier alpha value is -3.50. The number of amides is 1. The van der Waals surface area contributed by atoms with E-state index in [1.165, 1.54) is 14.1 Å². The maximum atomic E-state index is 12.9. The van der Waals surface area contributed by atoms with E-state index >= 15 is 0 Å². The Kier molecular flexibility index (Phi) is 8.19. The molecule has 34 heavy (non-hydrogen) atoms. The first-order valence-electron chi connectivity index (χ1n) is 10.2. The molecule has 0 aliphatic rings. The Labute approximate surface area is 204 Å². The van der Waals surface area contributed by atoms with Gasteiger partial charge in [-0.15, -0.1) is 0 Å². The summed E-state index contributed by atoms with van der Waals surface area (Å²) in [5.41, 5.74) is -0.695. The van der Waals surface area contributed by atoms with Crippen molar-refractivity contribution in [1.82, 2.24) is 9.13 Å². The molecule has 0 fully saturated rings. The Bertz CT molecular complexity index is 1350. The summed E-state index contributed by atoms with van der Waals surface area (Å²) in [6, 6.07) is 13.6. The molecule has 3 aromatic rings. The summed E-state index contributed by atoms with van der Waals surface area (Å²) in [6.07, 6.45) is 0. The van der Waals surface area contributed by atoms with Crippen molar-refractivity contribution >= 4 is 45.7 Å². The van der Waals surface area contributed by atoms with Gasteiger partial charge in [-0.2, -0.15) is 0 Å². The number of rotatable bonds is 7. The number of carbonyl (C=O) groups excluding carboxylic acids is 1. The first-order chi connectivity index (χ1) is 16.2. The Balaban J connectivity index is 1.98. The summed E-state index contributed by atoms with van der Waals surface area (Å²) >= 11 is 7.04. The van der Waals surface area contributed by atoms with Gasteiger partial charge in [-0.1, -0.05) is 35.5 Å². The van der Waals surface area contributed by atoms with Crippen molar-refractivity contribution in [3.8, 4) is 11.6 Å². The van der Waals surface area contributed by atoms with E-state index in [4.69, 9.17) is 16.3 Å². The zero-order valence-electron chi connectivity index (χ0n) is 18.7. The van der Waals surface area contributed by atoms with Crippen molar-refractivity contribution in [2.24, 2.45) is 19.1 Å².